The number of pyridine rings is 1. The van der Waals surface area contributed by atoms with E-state index >= 15 is 0 Å². The maximum atomic E-state index is 13.8. The van der Waals surface area contributed by atoms with Crippen molar-refractivity contribution in [1.29, 1.82) is 0 Å². The zero-order valence-corrected chi connectivity index (χ0v) is 14.1. The van der Waals surface area contributed by atoms with Crippen molar-refractivity contribution in [3.63, 3.8) is 0 Å². The number of amides is 1. The van der Waals surface area contributed by atoms with Crippen molar-refractivity contribution in [1.82, 2.24) is 9.88 Å². The summed E-state index contributed by atoms with van der Waals surface area (Å²) < 4.78 is 13.8. The minimum absolute atomic E-state index is 0.147. The van der Waals surface area contributed by atoms with Crippen LogP contribution in [-0.2, 0) is 6.42 Å². The lowest BCUT2D eigenvalue weighted by Gasteiger charge is -2.36. The summed E-state index contributed by atoms with van der Waals surface area (Å²) in [6.45, 7) is 6.74. The van der Waals surface area contributed by atoms with Crippen LogP contribution in [0.15, 0.2) is 36.5 Å². The van der Waals surface area contributed by atoms with E-state index in [0.29, 0.717) is 26.2 Å². The lowest BCUT2D eigenvalue weighted by atomic mass is 10.1. The van der Waals surface area contributed by atoms with Crippen LogP contribution in [0, 0.1) is 12.7 Å². The first kappa shape index (κ1) is 16.4. The average molecular weight is 327 g/mol. The number of hydrogen-bond donors (Lipinski definition) is 0. The summed E-state index contributed by atoms with van der Waals surface area (Å²) in [5.41, 5.74) is 2.53. The fourth-order valence-electron chi connectivity index (χ4n) is 3.09. The maximum absolute atomic E-state index is 13.8. The number of nitrogens with zero attached hydrogens (tertiary/aromatic N) is 3. The number of carbonyl (C=O) groups excluding carboxylic acids is 1. The van der Waals surface area contributed by atoms with E-state index in [1.165, 1.54) is 11.6 Å². The Kier molecular flexibility index (Phi) is 4.79. The summed E-state index contributed by atoms with van der Waals surface area (Å²) >= 11 is 0. The molecule has 1 amide bonds. The van der Waals surface area contributed by atoms with Gasteiger partial charge in [-0.2, -0.15) is 0 Å². The van der Waals surface area contributed by atoms with Crippen LogP contribution in [0.25, 0.3) is 0 Å². The number of rotatable bonds is 3. The minimum Gasteiger partial charge on any atom is -0.353 e. The third-order valence-electron chi connectivity index (χ3n) is 4.43. The number of hydrogen-bond acceptors (Lipinski definition) is 3. The molecule has 0 radical (unpaired) electrons. The Morgan fingerprint density at radius 1 is 1.21 bits per heavy atom. The molecule has 1 aromatic heterocycles. The second-order valence-corrected chi connectivity index (χ2v) is 6.11. The Hall–Kier alpha value is -2.43. The maximum Gasteiger partial charge on any atom is 0.256 e. The number of carbonyl (C=O) groups is 1. The summed E-state index contributed by atoms with van der Waals surface area (Å²) in [4.78, 5) is 21.0. The second kappa shape index (κ2) is 6.99. The topological polar surface area (TPSA) is 36.4 Å². The lowest BCUT2D eigenvalue weighted by molar-refractivity contribution is 0.0742. The highest BCUT2D eigenvalue weighted by molar-refractivity contribution is 5.94. The van der Waals surface area contributed by atoms with Crippen molar-refractivity contribution in [2.75, 3.05) is 31.1 Å². The summed E-state index contributed by atoms with van der Waals surface area (Å²) in [7, 11) is 0. The van der Waals surface area contributed by atoms with Crippen LogP contribution < -0.4 is 4.90 Å². The standard InChI is InChI=1S/C19H22FN3O/c1-3-15-12-14(2)13-21-18(15)22-8-10-23(11-9-22)19(24)16-6-4-5-7-17(16)20/h4-7,12-13H,3,8-11H2,1-2H3. The zero-order chi connectivity index (χ0) is 17.1. The molecule has 1 aliphatic heterocycles. The average Bonchev–Trinajstić information content (AvgIpc) is 2.61. The van der Waals surface area contributed by atoms with Gasteiger partial charge in [0.1, 0.15) is 11.6 Å². The molecule has 0 bridgehead atoms. The van der Waals surface area contributed by atoms with Crippen LogP contribution in [-0.4, -0.2) is 42.0 Å². The molecular formula is C19H22FN3O. The highest BCUT2D eigenvalue weighted by Crippen LogP contribution is 2.21. The van der Waals surface area contributed by atoms with Crippen molar-refractivity contribution in [3.8, 4) is 0 Å². The minimum atomic E-state index is -0.460. The molecule has 1 saturated heterocycles. The first-order valence-corrected chi connectivity index (χ1v) is 8.34. The molecule has 0 unspecified atom stereocenters. The van der Waals surface area contributed by atoms with Gasteiger partial charge in [-0.1, -0.05) is 25.1 Å². The Morgan fingerprint density at radius 3 is 2.58 bits per heavy atom. The van der Waals surface area contributed by atoms with Crippen LogP contribution in [0.1, 0.15) is 28.4 Å². The molecule has 0 aliphatic carbocycles. The molecule has 0 saturated carbocycles. The summed E-state index contributed by atoms with van der Waals surface area (Å²) in [6, 6.07) is 8.32. The molecule has 24 heavy (non-hydrogen) atoms. The van der Waals surface area contributed by atoms with Crippen molar-refractivity contribution in [2.24, 2.45) is 0 Å². The number of halogens is 1. The Bertz CT molecular complexity index is 739. The highest BCUT2D eigenvalue weighted by Gasteiger charge is 2.25. The molecule has 5 heteroatoms. The molecule has 2 aromatic rings. The van der Waals surface area contributed by atoms with Gasteiger partial charge < -0.3 is 9.80 Å². The molecule has 1 fully saturated rings. The smallest absolute Gasteiger partial charge is 0.256 e. The van der Waals surface area contributed by atoms with Gasteiger partial charge in [-0.15, -0.1) is 0 Å². The fraction of sp³-hybridized carbons (Fsp3) is 0.368. The molecule has 1 aliphatic rings. The van der Waals surface area contributed by atoms with Crippen LogP contribution in [0.4, 0.5) is 10.2 Å². The van der Waals surface area contributed by atoms with Gasteiger partial charge in [0, 0.05) is 32.4 Å². The molecule has 3 rings (SSSR count). The Morgan fingerprint density at radius 2 is 1.92 bits per heavy atom. The van der Waals surface area contributed by atoms with Crippen LogP contribution in [0.3, 0.4) is 0 Å². The third kappa shape index (κ3) is 3.25. The molecular weight excluding hydrogens is 305 g/mol. The van der Waals surface area contributed by atoms with Gasteiger partial charge in [-0.05, 0) is 36.6 Å². The van der Waals surface area contributed by atoms with Gasteiger partial charge in [0.25, 0.3) is 5.91 Å². The molecule has 1 aromatic carbocycles. The largest absolute Gasteiger partial charge is 0.353 e. The predicted octanol–water partition coefficient (Wildman–Crippen LogP) is 3.05. The van der Waals surface area contributed by atoms with Gasteiger partial charge in [-0.25, -0.2) is 9.37 Å². The monoisotopic (exact) mass is 327 g/mol. The lowest BCUT2D eigenvalue weighted by Crippen LogP contribution is -2.49. The molecule has 126 valence electrons. The first-order valence-electron chi connectivity index (χ1n) is 8.34. The van der Waals surface area contributed by atoms with Crippen molar-refractivity contribution in [2.45, 2.75) is 20.3 Å². The SMILES string of the molecule is CCc1cc(C)cnc1N1CCN(C(=O)c2ccccc2F)CC1. The number of anilines is 1. The molecule has 0 N–H and O–H groups in total. The fourth-order valence-corrected chi connectivity index (χ4v) is 3.09. The molecule has 0 spiro atoms. The van der Waals surface area contributed by atoms with E-state index in [1.54, 1.807) is 23.1 Å². The van der Waals surface area contributed by atoms with Crippen LogP contribution in [0.2, 0.25) is 0 Å². The highest BCUT2D eigenvalue weighted by atomic mass is 19.1. The molecule has 2 heterocycles. The van der Waals surface area contributed by atoms with Gasteiger partial charge in [0.15, 0.2) is 0 Å². The molecule has 4 nitrogen and oxygen atoms in total. The van der Waals surface area contributed by atoms with Crippen molar-refractivity contribution >= 4 is 11.7 Å². The van der Waals surface area contributed by atoms with Gasteiger partial charge in [0.2, 0.25) is 0 Å². The molecule has 0 atom stereocenters. The normalized spacial score (nSPS) is 14.8. The van der Waals surface area contributed by atoms with Crippen LogP contribution >= 0.6 is 0 Å². The third-order valence-corrected chi connectivity index (χ3v) is 4.43. The number of piperazine rings is 1. The zero-order valence-electron chi connectivity index (χ0n) is 14.1. The Balaban J connectivity index is 1.70. The number of aryl methyl sites for hydroxylation is 2. The predicted molar refractivity (Wildman–Crippen MR) is 92.9 cm³/mol. The van der Waals surface area contributed by atoms with E-state index in [4.69, 9.17) is 0 Å². The van der Waals surface area contributed by atoms with E-state index in [0.717, 1.165) is 17.8 Å². The van der Waals surface area contributed by atoms with E-state index in [9.17, 15) is 9.18 Å². The van der Waals surface area contributed by atoms with E-state index in [2.05, 4.69) is 22.9 Å². The van der Waals surface area contributed by atoms with E-state index in [1.807, 2.05) is 13.1 Å². The van der Waals surface area contributed by atoms with E-state index in [-0.39, 0.29) is 11.5 Å². The second-order valence-electron chi connectivity index (χ2n) is 6.11. The quantitative estimate of drug-likeness (QED) is 0.869. The summed E-state index contributed by atoms with van der Waals surface area (Å²) in [5, 5.41) is 0. The van der Waals surface area contributed by atoms with E-state index < -0.39 is 5.82 Å². The van der Waals surface area contributed by atoms with Crippen molar-refractivity contribution < 1.29 is 9.18 Å². The number of benzene rings is 1. The van der Waals surface area contributed by atoms with Crippen molar-refractivity contribution in [3.05, 3.63) is 59.0 Å². The first-order chi connectivity index (χ1) is 11.6. The van der Waals surface area contributed by atoms with Crippen LogP contribution in [0.5, 0.6) is 0 Å². The van der Waals surface area contributed by atoms with Gasteiger partial charge in [0.05, 0.1) is 5.56 Å². The van der Waals surface area contributed by atoms with Gasteiger partial charge >= 0.3 is 0 Å². The summed E-state index contributed by atoms with van der Waals surface area (Å²) in [6.07, 6.45) is 2.81. The van der Waals surface area contributed by atoms with Gasteiger partial charge in [-0.3, -0.25) is 4.79 Å². The number of aromatic nitrogens is 1. The summed E-state index contributed by atoms with van der Waals surface area (Å²) in [5.74, 6) is 0.305. The Labute approximate surface area is 141 Å².